The zero-order chi connectivity index (χ0) is 22.8. The first-order valence-corrected chi connectivity index (χ1v) is 10.7. The van der Waals surface area contributed by atoms with Crippen molar-refractivity contribution < 1.29 is 27.4 Å². The van der Waals surface area contributed by atoms with E-state index in [-0.39, 0.29) is 22.0 Å². The highest BCUT2D eigenvalue weighted by atomic mass is 32.2. The van der Waals surface area contributed by atoms with E-state index >= 15 is 0 Å². The second-order valence-electron chi connectivity index (χ2n) is 6.93. The van der Waals surface area contributed by atoms with Crippen molar-refractivity contribution in [1.29, 1.82) is 0 Å². The molecule has 0 fully saturated rings. The summed E-state index contributed by atoms with van der Waals surface area (Å²) in [6, 6.07) is 2.86. The Hall–Kier alpha value is -2.78. The minimum absolute atomic E-state index is 0.136. The van der Waals surface area contributed by atoms with E-state index in [2.05, 4.69) is 10.3 Å². The molecule has 9 heteroatoms. The van der Waals surface area contributed by atoms with Crippen LogP contribution in [0.5, 0.6) is 17.2 Å². The summed E-state index contributed by atoms with van der Waals surface area (Å²) in [5.41, 5.74) is 6.52. The number of carbonyl (C=O) groups excluding carboxylic acids is 1. The number of sulfonamides is 1. The van der Waals surface area contributed by atoms with Crippen LogP contribution in [0.25, 0.3) is 0 Å². The lowest BCUT2D eigenvalue weighted by molar-refractivity contribution is 0.0944. The largest absolute Gasteiger partial charge is 0.493 e. The molecule has 2 aromatic carbocycles. The Labute approximate surface area is 177 Å². The molecule has 2 aromatic rings. The van der Waals surface area contributed by atoms with Gasteiger partial charge in [0.2, 0.25) is 5.75 Å². The topological polar surface area (TPSA) is 103 Å². The Bertz CT molecular complexity index is 1040. The van der Waals surface area contributed by atoms with E-state index < -0.39 is 15.9 Å². The molecular weight excluding hydrogens is 408 g/mol. The standard InChI is InChI=1S/C21H28N2O6S/c1-11-12(2)14(4)20(15(5)13(11)3)30(25,26)23-22-21(24)16-9-17(27-6)19(29-8)18(10-16)28-7/h9-10,23H,1-8H3,(H,22,24). The van der Waals surface area contributed by atoms with Crippen molar-refractivity contribution in [1.82, 2.24) is 10.3 Å². The van der Waals surface area contributed by atoms with Crippen molar-refractivity contribution in [2.75, 3.05) is 21.3 Å². The average Bonchev–Trinajstić information content (AvgIpc) is 2.73. The third-order valence-corrected chi connectivity index (χ3v) is 6.95. The number of hydrogen-bond donors (Lipinski definition) is 2. The number of nitrogens with one attached hydrogen (secondary N) is 2. The Morgan fingerprint density at radius 3 is 1.60 bits per heavy atom. The summed E-state index contributed by atoms with van der Waals surface area (Å²) in [7, 11) is 0.301. The van der Waals surface area contributed by atoms with Gasteiger partial charge < -0.3 is 14.2 Å². The van der Waals surface area contributed by atoms with Crippen LogP contribution in [0.4, 0.5) is 0 Å². The van der Waals surface area contributed by atoms with Crippen molar-refractivity contribution in [2.45, 2.75) is 39.5 Å². The molecule has 0 heterocycles. The molecule has 0 saturated carbocycles. The Kier molecular flexibility index (Phi) is 6.99. The molecule has 0 bridgehead atoms. The second kappa shape index (κ2) is 8.93. The molecule has 164 valence electrons. The Balaban J connectivity index is 2.37. The summed E-state index contributed by atoms with van der Waals surface area (Å²) in [5.74, 6) is 0.213. The molecule has 0 unspecified atom stereocenters. The predicted octanol–water partition coefficient (Wildman–Crippen LogP) is 2.88. The average molecular weight is 437 g/mol. The zero-order valence-electron chi connectivity index (χ0n) is 18.5. The number of methoxy groups -OCH3 is 3. The monoisotopic (exact) mass is 436 g/mol. The first-order chi connectivity index (χ1) is 14.0. The maximum atomic E-state index is 13.0. The van der Waals surface area contributed by atoms with Crippen molar-refractivity contribution in [3.05, 3.63) is 45.5 Å². The van der Waals surface area contributed by atoms with Crippen molar-refractivity contribution in [3.63, 3.8) is 0 Å². The van der Waals surface area contributed by atoms with Gasteiger partial charge in [0, 0.05) is 5.56 Å². The van der Waals surface area contributed by atoms with Gasteiger partial charge in [0.25, 0.3) is 15.9 Å². The third-order valence-electron chi connectivity index (χ3n) is 5.43. The molecular formula is C21H28N2O6S. The highest BCUT2D eigenvalue weighted by molar-refractivity contribution is 7.89. The van der Waals surface area contributed by atoms with Gasteiger partial charge in [0.05, 0.1) is 26.2 Å². The van der Waals surface area contributed by atoms with E-state index in [0.717, 1.165) is 16.7 Å². The number of hydrazine groups is 1. The van der Waals surface area contributed by atoms with Crippen LogP contribution in [0.2, 0.25) is 0 Å². The number of hydrogen-bond acceptors (Lipinski definition) is 6. The first kappa shape index (κ1) is 23.5. The van der Waals surface area contributed by atoms with Gasteiger partial charge in [-0.15, -0.1) is 4.83 Å². The third kappa shape index (κ3) is 4.22. The highest BCUT2D eigenvalue weighted by Gasteiger charge is 2.25. The van der Waals surface area contributed by atoms with Gasteiger partial charge in [0.1, 0.15) is 0 Å². The Morgan fingerprint density at radius 2 is 1.20 bits per heavy atom. The molecule has 2 N–H and O–H groups in total. The van der Waals surface area contributed by atoms with E-state index in [9.17, 15) is 13.2 Å². The van der Waals surface area contributed by atoms with E-state index in [4.69, 9.17) is 14.2 Å². The van der Waals surface area contributed by atoms with E-state index in [1.165, 1.54) is 33.5 Å². The number of ether oxygens (including phenoxy) is 3. The summed E-state index contributed by atoms with van der Waals surface area (Å²) < 4.78 is 41.6. The second-order valence-corrected chi connectivity index (χ2v) is 8.55. The predicted molar refractivity (Wildman–Crippen MR) is 114 cm³/mol. The number of benzene rings is 2. The smallest absolute Gasteiger partial charge is 0.266 e. The van der Waals surface area contributed by atoms with E-state index in [1.807, 2.05) is 20.8 Å². The van der Waals surface area contributed by atoms with Gasteiger partial charge in [-0.25, -0.2) is 8.42 Å². The fourth-order valence-electron chi connectivity index (χ4n) is 3.32. The van der Waals surface area contributed by atoms with Crippen molar-refractivity contribution >= 4 is 15.9 Å². The van der Waals surface area contributed by atoms with Crippen LogP contribution < -0.4 is 24.5 Å². The zero-order valence-corrected chi connectivity index (χ0v) is 19.3. The van der Waals surface area contributed by atoms with Gasteiger partial charge in [0.15, 0.2) is 11.5 Å². The summed E-state index contributed by atoms with van der Waals surface area (Å²) in [4.78, 5) is 15.0. The normalized spacial score (nSPS) is 11.2. The SMILES string of the molecule is COc1cc(C(=O)NNS(=O)(=O)c2c(C)c(C)c(C)c(C)c2C)cc(OC)c1OC. The summed E-state index contributed by atoms with van der Waals surface area (Å²) in [6.07, 6.45) is 0. The minimum Gasteiger partial charge on any atom is -0.493 e. The Morgan fingerprint density at radius 1 is 0.767 bits per heavy atom. The molecule has 0 saturated heterocycles. The lowest BCUT2D eigenvalue weighted by atomic mass is 9.95. The maximum absolute atomic E-state index is 13.0. The van der Waals surface area contributed by atoms with Crippen LogP contribution >= 0.6 is 0 Å². The van der Waals surface area contributed by atoms with Crippen LogP contribution in [0, 0.1) is 34.6 Å². The summed E-state index contributed by atoms with van der Waals surface area (Å²) in [6.45, 7) is 9.23. The highest BCUT2D eigenvalue weighted by Crippen LogP contribution is 2.38. The molecule has 2 rings (SSSR count). The molecule has 0 aliphatic rings. The quantitative estimate of drug-likeness (QED) is 0.647. The van der Waals surface area contributed by atoms with Gasteiger partial charge in [-0.05, 0) is 74.6 Å². The molecule has 0 radical (unpaired) electrons. The molecule has 0 spiro atoms. The van der Waals surface area contributed by atoms with Gasteiger partial charge in [-0.1, -0.05) is 0 Å². The number of carbonyl (C=O) groups is 1. The summed E-state index contributed by atoms with van der Waals surface area (Å²) in [5, 5.41) is 0. The van der Waals surface area contributed by atoms with Gasteiger partial charge in [-0.2, -0.15) is 0 Å². The summed E-state index contributed by atoms with van der Waals surface area (Å²) >= 11 is 0. The number of rotatable bonds is 7. The minimum atomic E-state index is -4.00. The van der Waals surface area contributed by atoms with Crippen molar-refractivity contribution in [3.8, 4) is 17.2 Å². The fourth-order valence-corrected chi connectivity index (χ4v) is 4.76. The molecule has 0 aliphatic heterocycles. The van der Waals surface area contributed by atoms with Crippen LogP contribution in [-0.2, 0) is 10.0 Å². The van der Waals surface area contributed by atoms with Gasteiger partial charge in [-0.3, -0.25) is 10.2 Å². The van der Waals surface area contributed by atoms with E-state index in [0.29, 0.717) is 16.9 Å². The van der Waals surface area contributed by atoms with Crippen LogP contribution in [0.15, 0.2) is 17.0 Å². The van der Waals surface area contributed by atoms with Gasteiger partial charge >= 0.3 is 0 Å². The van der Waals surface area contributed by atoms with Crippen LogP contribution in [0.3, 0.4) is 0 Å². The van der Waals surface area contributed by atoms with Crippen LogP contribution in [0.1, 0.15) is 38.2 Å². The fraction of sp³-hybridized carbons (Fsp3) is 0.381. The van der Waals surface area contributed by atoms with Crippen LogP contribution in [-0.4, -0.2) is 35.7 Å². The molecule has 30 heavy (non-hydrogen) atoms. The lowest BCUT2D eigenvalue weighted by Crippen LogP contribution is -2.42. The molecule has 8 nitrogen and oxygen atoms in total. The molecule has 0 aromatic heterocycles. The first-order valence-electron chi connectivity index (χ1n) is 9.19. The molecule has 1 amide bonds. The maximum Gasteiger partial charge on any atom is 0.266 e. The molecule has 0 atom stereocenters. The number of amides is 1. The van der Waals surface area contributed by atoms with E-state index in [1.54, 1.807) is 13.8 Å². The molecule has 0 aliphatic carbocycles. The van der Waals surface area contributed by atoms with Crippen molar-refractivity contribution in [2.24, 2.45) is 0 Å². The lowest BCUT2D eigenvalue weighted by Gasteiger charge is -2.19.